The van der Waals surface area contributed by atoms with Gasteiger partial charge in [-0.15, -0.1) is 0 Å². The van der Waals surface area contributed by atoms with Crippen molar-refractivity contribution in [1.29, 1.82) is 0 Å². The van der Waals surface area contributed by atoms with Crippen molar-refractivity contribution < 1.29 is 19.1 Å². The molecule has 122 valence electrons. The first-order chi connectivity index (χ1) is 11.0. The second kappa shape index (κ2) is 8.35. The number of benzene rings is 2. The Hall–Kier alpha value is -1.54. The third-order valence-electron chi connectivity index (χ3n) is 2.93. The summed E-state index contributed by atoms with van der Waals surface area (Å²) in [6.07, 6.45) is 1.31. The summed E-state index contributed by atoms with van der Waals surface area (Å²) in [7, 11) is 0. The molecule has 4 nitrogen and oxygen atoms in total. The van der Waals surface area contributed by atoms with E-state index in [0.717, 1.165) is 3.57 Å². The Bertz CT molecular complexity index is 725. The molecule has 0 atom stereocenters. The molecular formula is C16H14ClFINO3. The SMILES string of the molecule is CCOc1cc(/C=N/O)cc(I)c1OCc1ccc(F)cc1Cl. The maximum atomic E-state index is 13.1. The van der Waals surface area contributed by atoms with Crippen LogP contribution in [0.15, 0.2) is 35.5 Å². The summed E-state index contributed by atoms with van der Waals surface area (Å²) in [5, 5.41) is 12.0. The number of nitrogens with zero attached hydrogens (tertiary/aromatic N) is 1. The standard InChI is InChI=1S/C16H14ClFINO3/c1-2-22-15-6-10(8-20-21)5-14(19)16(15)23-9-11-3-4-12(18)7-13(11)17/h3-8,21H,2,9H2,1H3/b20-8+. The van der Waals surface area contributed by atoms with Gasteiger partial charge in [0.25, 0.3) is 0 Å². The highest BCUT2D eigenvalue weighted by Crippen LogP contribution is 2.35. The maximum absolute atomic E-state index is 13.1. The van der Waals surface area contributed by atoms with Gasteiger partial charge in [-0.05, 0) is 53.8 Å². The molecule has 0 heterocycles. The van der Waals surface area contributed by atoms with E-state index in [2.05, 4.69) is 27.7 Å². The van der Waals surface area contributed by atoms with Crippen molar-refractivity contribution in [3.05, 3.63) is 55.9 Å². The van der Waals surface area contributed by atoms with Crippen LogP contribution >= 0.6 is 34.2 Å². The van der Waals surface area contributed by atoms with E-state index in [9.17, 15) is 4.39 Å². The Labute approximate surface area is 152 Å². The summed E-state index contributed by atoms with van der Waals surface area (Å²) in [6.45, 7) is 2.51. The first kappa shape index (κ1) is 17.8. The van der Waals surface area contributed by atoms with Gasteiger partial charge in [-0.2, -0.15) is 0 Å². The number of rotatable bonds is 6. The van der Waals surface area contributed by atoms with E-state index < -0.39 is 5.82 Å². The number of hydrogen-bond donors (Lipinski definition) is 1. The molecule has 0 radical (unpaired) electrons. The van der Waals surface area contributed by atoms with Crippen LogP contribution in [0.5, 0.6) is 11.5 Å². The average molecular weight is 450 g/mol. The second-order valence-corrected chi connectivity index (χ2v) is 6.10. The molecule has 1 N–H and O–H groups in total. The van der Waals surface area contributed by atoms with E-state index in [1.807, 2.05) is 6.92 Å². The lowest BCUT2D eigenvalue weighted by Gasteiger charge is -2.15. The second-order valence-electron chi connectivity index (χ2n) is 4.53. The molecule has 7 heteroatoms. The number of ether oxygens (including phenoxy) is 2. The van der Waals surface area contributed by atoms with E-state index >= 15 is 0 Å². The first-order valence-corrected chi connectivity index (χ1v) is 8.21. The van der Waals surface area contributed by atoms with Gasteiger partial charge in [0.05, 0.1) is 21.4 Å². The van der Waals surface area contributed by atoms with Gasteiger partial charge in [-0.1, -0.05) is 22.8 Å². The fourth-order valence-electron chi connectivity index (χ4n) is 1.92. The van der Waals surface area contributed by atoms with Crippen LogP contribution in [0, 0.1) is 9.39 Å². The molecule has 0 unspecified atom stereocenters. The zero-order valence-electron chi connectivity index (χ0n) is 12.2. The molecule has 0 fully saturated rings. The molecule has 2 rings (SSSR count). The molecule has 2 aromatic carbocycles. The topological polar surface area (TPSA) is 51.0 Å². The third-order valence-corrected chi connectivity index (χ3v) is 4.08. The summed E-state index contributed by atoms with van der Waals surface area (Å²) in [4.78, 5) is 0. The molecule has 0 aliphatic carbocycles. The molecule has 0 aliphatic rings. The Morgan fingerprint density at radius 2 is 2.09 bits per heavy atom. The fourth-order valence-corrected chi connectivity index (χ4v) is 2.92. The van der Waals surface area contributed by atoms with Crippen LogP contribution in [0.1, 0.15) is 18.1 Å². The van der Waals surface area contributed by atoms with E-state index in [1.54, 1.807) is 18.2 Å². The average Bonchev–Trinajstić information content (AvgIpc) is 2.49. The predicted molar refractivity (Wildman–Crippen MR) is 95.5 cm³/mol. The van der Waals surface area contributed by atoms with E-state index in [4.69, 9.17) is 26.3 Å². The summed E-state index contributed by atoms with van der Waals surface area (Å²) >= 11 is 8.11. The molecule has 0 aromatic heterocycles. The summed E-state index contributed by atoms with van der Waals surface area (Å²) in [6, 6.07) is 7.67. The Kier molecular flexibility index (Phi) is 6.47. The van der Waals surface area contributed by atoms with E-state index in [1.165, 1.54) is 18.3 Å². The molecule has 0 amide bonds. The van der Waals surface area contributed by atoms with Crippen molar-refractivity contribution >= 4 is 40.4 Å². The van der Waals surface area contributed by atoms with Crippen LogP contribution in [0.3, 0.4) is 0 Å². The Balaban J connectivity index is 2.27. The zero-order chi connectivity index (χ0) is 16.8. The predicted octanol–water partition coefficient (Wildman–Crippen LogP) is 4.87. The van der Waals surface area contributed by atoms with Crippen LogP contribution in [-0.4, -0.2) is 18.0 Å². The van der Waals surface area contributed by atoms with Crippen molar-refractivity contribution in [3.63, 3.8) is 0 Å². The minimum absolute atomic E-state index is 0.183. The quantitative estimate of drug-likeness (QED) is 0.296. The largest absolute Gasteiger partial charge is 0.490 e. The van der Waals surface area contributed by atoms with Crippen molar-refractivity contribution in [2.24, 2.45) is 5.16 Å². The smallest absolute Gasteiger partial charge is 0.175 e. The van der Waals surface area contributed by atoms with E-state index in [0.29, 0.717) is 34.3 Å². The lowest BCUT2D eigenvalue weighted by Crippen LogP contribution is -2.03. The molecule has 0 saturated heterocycles. The first-order valence-electron chi connectivity index (χ1n) is 6.75. The molecule has 0 bridgehead atoms. The Morgan fingerprint density at radius 1 is 1.30 bits per heavy atom. The maximum Gasteiger partial charge on any atom is 0.175 e. The van der Waals surface area contributed by atoms with Gasteiger partial charge in [-0.3, -0.25) is 0 Å². The minimum atomic E-state index is -0.393. The Morgan fingerprint density at radius 3 is 2.74 bits per heavy atom. The van der Waals surface area contributed by atoms with Gasteiger partial charge in [-0.25, -0.2) is 4.39 Å². The molecular weight excluding hydrogens is 436 g/mol. The van der Waals surface area contributed by atoms with E-state index in [-0.39, 0.29) is 6.61 Å². The summed E-state index contributed by atoms with van der Waals surface area (Å²) in [5.74, 6) is 0.700. The molecule has 0 spiro atoms. The van der Waals surface area contributed by atoms with Crippen LogP contribution in [0.2, 0.25) is 5.02 Å². The lowest BCUT2D eigenvalue weighted by molar-refractivity contribution is 0.267. The normalized spacial score (nSPS) is 11.0. The minimum Gasteiger partial charge on any atom is -0.490 e. The molecule has 0 aliphatic heterocycles. The van der Waals surface area contributed by atoms with Crippen molar-refractivity contribution in [3.8, 4) is 11.5 Å². The zero-order valence-corrected chi connectivity index (χ0v) is 15.1. The fraction of sp³-hybridized carbons (Fsp3) is 0.188. The van der Waals surface area contributed by atoms with Gasteiger partial charge in [0, 0.05) is 11.1 Å². The number of oxime groups is 1. The van der Waals surface area contributed by atoms with Gasteiger partial charge >= 0.3 is 0 Å². The van der Waals surface area contributed by atoms with Gasteiger partial charge in [0.15, 0.2) is 11.5 Å². The van der Waals surface area contributed by atoms with Crippen LogP contribution < -0.4 is 9.47 Å². The molecule has 0 saturated carbocycles. The lowest BCUT2D eigenvalue weighted by atomic mass is 10.2. The highest BCUT2D eigenvalue weighted by molar-refractivity contribution is 14.1. The van der Waals surface area contributed by atoms with Crippen LogP contribution in [0.4, 0.5) is 4.39 Å². The van der Waals surface area contributed by atoms with Gasteiger partial charge < -0.3 is 14.7 Å². The van der Waals surface area contributed by atoms with Crippen molar-refractivity contribution in [2.45, 2.75) is 13.5 Å². The third kappa shape index (κ3) is 4.71. The highest BCUT2D eigenvalue weighted by atomic mass is 127. The monoisotopic (exact) mass is 449 g/mol. The van der Waals surface area contributed by atoms with Gasteiger partial charge in [0.2, 0.25) is 0 Å². The van der Waals surface area contributed by atoms with Crippen LogP contribution in [-0.2, 0) is 6.61 Å². The molecule has 2 aromatic rings. The summed E-state index contributed by atoms with van der Waals surface area (Å²) < 4.78 is 25.3. The van der Waals surface area contributed by atoms with Crippen molar-refractivity contribution in [1.82, 2.24) is 0 Å². The van der Waals surface area contributed by atoms with Gasteiger partial charge in [0.1, 0.15) is 12.4 Å². The number of hydrogen-bond acceptors (Lipinski definition) is 4. The van der Waals surface area contributed by atoms with Crippen LogP contribution in [0.25, 0.3) is 0 Å². The number of halogens is 3. The highest BCUT2D eigenvalue weighted by Gasteiger charge is 2.13. The summed E-state index contributed by atoms with van der Waals surface area (Å²) in [5.41, 5.74) is 1.36. The van der Waals surface area contributed by atoms with Crippen molar-refractivity contribution in [2.75, 3.05) is 6.61 Å². The molecule has 23 heavy (non-hydrogen) atoms.